The summed E-state index contributed by atoms with van der Waals surface area (Å²) in [7, 11) is 0. The van der Waals surface area contributed by atoms with Gasteiger partial charge in [-0.2, -0.15) is 0 Å². The van der Waals surface area contributed by atoms with E-state index in [1.54, 1.807) is 0 Å². The second-order valence-corrected chi connectivity index (χ2v) is 5.01. The van der Waals surface area contributed by atoms with Crippen LogP contribution in [0.1, 0.15) is 20.8 Å². The third kappa shape index (κ3) is 3.13. The summed E-state index contributed by atoms with van der Waals surface area (Å²) < 4.78 is 1.06. The predicted molar refractivity (Wildman–Crippen MR) is 91.0 cm³/mol. The zero-order valence-corrected chi connectivity index (χ0v) is 12.8. The Hall–Kier alpha value is -1.54. The van der Waals surface area contributed by atoms with Crippen molar-refractivity contribution in [1.82, 2.24) is 4.48 Å². The highest BCUT2D eigenvalue weighted by molar-refractivity contribution is 5.75. The van der Waals surface area contributed by atoms with Gasteiger partial charge in [0.2, 0.25) is 0 Å². The lowest BCUT2D eigenvalue weighted by atomic mass is 10.0. The SMILES string of the molecule is CC[N+](CC)(CC)c1ccc(-c2ccccc2)cc1.[B]. The van der Waals surface area contributed by atoms with Crippen LogP contribution in [-0.2, 0) is 0 Å². The number of rotatable bonds is 5. The molecule has 0 aliphatic rings. The Bertz CT molecular complexity index is 492. The van der Waals surface area contributed by atoms with Gasteiger partial charge in [0.1, 0.15) is 5.69 Å². The van der Waals surface area contributed by atoms with E-state index in [0.717, 1.165) is 24.1 Å². The number of hydrogen-bond donors (Lipinski definition) is 0. The van der Waals surface area contributed by atoms with Gasteiger partial charge >= 0.3 is 0 Å². The molecule has 0 amide bonds. The molecule has 20 heavy (non-hydrogen) atoms. The second-order valence-electron chi connectivity index (χ2n) is 5.01. The lowest BCUT2D eigenvalue weighted by molar-refractivity contribution is 0.316. The van der Waals surface area contributed by atoms with Gasteiger partial charge in [0.05, 0.1) is 19.6 Å². The minimum absolute atomic E-state index is 0. The van der Waals surface area contributed by atoms with E-state index in [-0.39, 0.29) is 8.41 Å². The Kier molecular flexibility index (Phi) is 6.03. The van der Waals surface area contributed by atoms with Crippen LogP contribution >= 0.6 is 0 Å². The fourth-order valence-electron chi connectivity index (χ4n) is 2.82. The van der Waals surface area contributed by atoms with Gasteiger partial charge in [-0.1, -0.05) is 30.3 Å². The maximum absolute atomic E-state index is 2.29. The highest BCUT2D eigenvalue weighted by atomic mass is 15.3. The van der Waals surface area contributed by atoms with Crippen molar-refractivity contribution in [2.24, 2.45) is 0 Å². The summed E-state index contributed by atoms with van der Waals surface area (Å²) in [5.41, 5.74) is 4.01. The lowest BCUT2D eigenvalue weighted by Crippen LogP contribution is -2.48. The summed E-state index contributed by atoms with van der Waals surface area (Å²) in [6.07, 6.45) is 0. The molecule has 0 atom stereocenters. The van der Waals surface area contributed by atoms with Crippen molar-refractivity contribution < 1.29 is 0 Å². The quantitative estimate of drug-likeness (QED) is 0.557. The van der Waals surface area contributed by atoms with Crippen LogP contribution in [0.15, 0.2) is 54.6 Å². The molecule has 103 valence electrons. The maximum atomic E-state index is 2.29. The van der Waals surface area contributed by atoms with Gasteiger partial charge in [-0.15, -0.1) is 0 Å². The molecule has 0 aromatic heterocycles. The largest absolute Gasteiger partial charge is 0.292 e. The Morgan fingerprint density at radius 3 is 1.55 bits per heavy atom. The van der Waals surface area contributed by atoms with Crippen molar-refractivity contribution in [3.8, 4) is 11.1 Å². The zero-order chi connectivity index (χ0) is 13.7. The van der Waals surface area contributed by atoms with E-state index in [2.05, 4.69) is 75.4 Å². The number of benzene rings is 2. The molecule has 0 spiro atoms. The first-order valence-electron chi connectivity index (χ1n) is 7.28. The minimum Gasteiger partial charge on any atom is -0.292 e. The predicted octanol–water partition coefficient (Wildman–Crippen LogP) is 4.34. The Morgan fingerprint density at radius 2 is 1.10 bits per heavy atom. The van der Waals surface area contributed by atoms with Crippen LogP contribution in [0.2, 0.25) is 0 Å². The molecule has 0 fully saturated rings. The van der Waals surface area contributed by atoms with Gasteiger partial charge in [-0.25, -0.2) is 0 Å². The second kappa shape index (κ2) is 7.30. The van der Waals surface area contributed by atoms with Gasteiger partial charge in [-0.3, -0.25) is 4.48 Å². The molecule has 0 bridgehead atoms. The van der Waals surface area contributed by atoms with Crippen LogP contribution in [0.5, 0.6) is 0 Å². The van der Waals surface area contributed by atoms with Crippen LogP contribution in [0.3, 0.4) is 0 Å². The number of nitrogens with zero attached hydrogens (tertiary/aromatic N) is 1. The third-order valence-corrected chi connectivity index (χ3v) is 4.34. The van der Waals surface area contributed by atoms with Crippen LogP contribution in [0.25, 0.3) is 11.1 Å². The molecule has 0 N–H and O–H groups in total. The van der Waals surface area contributed by atoms with Crippen LogP contribution in [0, 0.1) is 0 Å². The molecule has 2 heteroatoms. The zero-order valence-electron chi connectivity index (χ0n) is 12.8. The summed E-state index contributed by atoms with van der Waals surface area (Å²) in [5, 5.41) is 0. The average molecular weight is 265 g/mol. The van der Waals surface area contributed by atoms with Crippen LogP contribution < -0.4 is 4.48 Å². The summed E-state index contributed by atoms with van der Waals surface area (Å²) in [6.45, 7) is 10.3. The molecule has 1 nitrogen and oxygen atoms in total. The third-order valence-electron chi connectivity index (χ3n) is 4.34. The molecule has 0 aliphatic heterocycles. The normalized spacial score (nSPS) is 10.9. The first kappa shape index (κ1) is 16.5. The average Bonchev–Trinajstić information content (AvgIpc) is 2.51. The molecule has 2 aromatic carbocycles. The molecular formula is C18H24BN+. The van der Waals surface area contributed by atoms with E-state index < -0.39 is 0 Å². The Morgan fingerprint density at radius 1 is 0.650 bits per heavy atom. The molecule has 0 aliphatic carbocycles. The van der Waals surface area contributed by atoms with Crippen molar-refractivity contribution in [2.45, 2.75) is 20.8 Å². The summed E-state index contributed by atoms with van der Waals surface area (Å²) in [5.74, 6) is 0. The monoisotopic (exact) mass is 265 g/mol. The number of quaternary nitrogens is 1. The molecule has 0 heterocycles. The molecule has 2 aromatic rings. The molecule has 3 radical (unpaired) electrons. The fraction of sp³-hybridized carbons (Fsp3) is 0.333. The van der Waals surface area contributed by atoms with Crippen molar-refractivity contribution >= 4 is 14.1 Å². The highest BCUT2D eigenvalue weighted by Crippen LogP contribution is 2.27. The van der Waals surface area contributed by atoms with Gasteiger partial charge in [0.15, 0.2) is 0 Å². The van der Waals surface area contributed by atoms with E-state index in [1.165, 1.54) is 16.8 Å². The standard InChI is InChI=1S/C18H24N.B/c1-4-19(5-2,6-3)18-14-12-17(13-15-18)16-10-8-7-9-11-16;/h7-15H,4-6H2,1-3H3;/q+1;. The van der Waals surface area contributed by atoms with Crippen molar-refractivity contribution in [2.75, 3.05) is 19.6 Å². The van der Waals surface area contributed by atoms with Gasteiger partial charge in [0.25, 0.3) is 0 Å². The first-order chi connectivity index (χ1) is 9.25. The van der Waals surface area contributed by atoms with Gasteiger partial charge in [0, 0.05) is 8.41 Å². The van der Waals surface area contributed by atoms with Crippen molar-refractivity contribution in [3.05, 3.63) is 54.6 Å². The summed E-state index contributed by atoms with van der Waals surface area (Å²) in [4.78, 5) is 0. The molecule has 0 unspecified atom stereocenters. The molecule has 2 rings (SSSR count). The molecule has 0 saturated carbocycles. The van der Waals surface area contributed by atoms with Crippen molar-refractivity contribution in [3.63, 3.8) is 0 Å². The topological polar surface area (TPSA) is 0 Å². The Balaban J connectivity index is 0.00000200. The first-order valence-corrected chi connectivity index (χ1v) is 7.28. The van der Waals surface area contributed by atoms with E-state index in [0.29, 0.717) is 0 Å². The van der Waals surface area contributed by atoms with E-state index in [9.17, 15) is 0 Å². The summed E-state index contributed by atoms with van der Waals surface area (Å²) >= 11 is 0. The van der Waals surface area contributed by atoms with Gasteiger partial charge < -0.3 is 0 Å². The van der Waals surface area contributed by atoms with E-state index in [4.69, 9.17) is 0 Å². The minimum atomic E-state index is 0. The van der Waals surface area contributed by atoms with Crippen LogP contribution in [-0.4, -0.2) is 28.0 Å². The van der Waals surface area contributed by atoms with Gasteiger partial charge in [-0.05, 0) is 56.2 Å². The molecular weight excluding hydrogens is 241 g/mol. The maximum Gasteiger partial charge on any atom is 0.132 e. The smallest absolute Gasteiger partial charge is 0.132 e. The number of hydrogen-bond acceptors (Lipinski definition) is 0. The van der Waals surface area contributed by atoms with Crippen molar-refractivity contribution in [1.29, 1.82) is 0 Å². The fourth-order valence-corrected chi connectivity index (χ4v) is 2.82. The molecule has 0 saturated heterocycles. The summed E-state index contributed by atoms with van der Waals surface area (Å²) in [6, 6.07) is 19.6. The highest BCUT2D eigenvalue weighted by Gasteiger charge is 2.23. The van der Waals surface area contributed by atoms with Crippen LogP contribution in [0.4, 0.5) is 5.69 Å². The Labute approximate surface area is 125 Å². The van der Waals surface area contributed by atoms with E-state index >= 15 is 0 Å². The lowest BCUT2D eigenvalue weighted by Gasteiger charge is -2.35. The van der Waals surface area contributed by atoms with E-state index in [1.807, 2.05) is 0 Å².